The van der Waals surface area contributed by atoms with Crippen molar-refractivity contribution >= 4 is 17.5 Å². The number of rotatable bonds is 6. The summed E-state index contributed by atoms with van der Waals surface area (Å²) in [5, 5.41) is 8.94. The van der Waals surface area contributed by atoms with Gasteiger partial charge in [0.2, 0.25) is 5.91 Å². The van der Waals surface area contributed by atoms with Gasteiger partial charge in [0.05, 0.1) is 0 Å². The maximum atomic E-state index is 12.5. The first kappa shape index (κ1) is 19.9. The largest absolute Gasteiger partial charge is 0.353 e. The molecule has 0 radical (unpaired) electrons. The lowest BCUT2D eigenvalue weighted by Gasteiger charge is -2.37. The highest BCUT2D eigenvalue weighted by atomic mass is 16.2. The minimum Gasteiger partial charge on any atom is -0.353 e. The summed E-state index contributed by atoms with van der Waals surface area (Å²) < 4.78 is 0. The first-order valence-electron chi connectivity index (χ1n) is 10.5. The molecule has 1 aromatic rings. The van der Waals surface area contributed by atoms with E-state index in [0.29, 0.717) is 5.91 Å². The number of carbonyl (C=O) groups is 1. The zero-order valence-corrected chi connectivity index (χ0v) is 17.1. The minimum absolute atomic E-state index is 0.170. The lowest BCUT2D eigenvalue weighted by Crippen LogP contribution is -2.50. The van der Waals surface area contributed by atoms with Crippen molar-refractivity contribution in [2.75, 3.05) is 68.7 Å². The second-order valence-corrected chi connectivity index (χ2v) is 7.50. The molecule has 0 unspecified atom stereocenters. The summed E-state index contributed by atoms with van der Waals surface area (Å²) in [6.45, 7) is 14.9. The lowest BCUT2D eigenvalue weighted by molar-refractivity contribution is -0.136. The standard InChI is InChI=1S/C20H34N6O/c1-4-17(5-2)20(27)26-15-13-25(14-16-26)19-8-7-18(21-22-19)24-11-9-23(6-3)10-12-24/h7-8,17H,4-6,9-16H2,1-3H3. The SMILES string of the molecule is CCC(CC)C(=O)N1CCN(c2ccc(N3CCN(CC)CC3)nn2)CC1. The van der Waals surface area contributed by atoms with E-state index in [0.717, 1.165) is 83.4 Å². The van der Waals surface area contributed by atoms with Crippen LogP contribution in [-0.2, 0) is 4.79 Å². The molecule has 2 fully saturated rings. The van der Waals surface area contributed by atoms with Crippen molar-refractivity contribution in [2.24, 2.45) is 5.92 Å². The quantitative estimate of drug-likeness (QED) is 0.756. The van der Waals surface area contributed by atoms with Crippen LogP contribution in [0, 0.1) is 5.92 Å². The average molecular weight is 375 g/mol. The van der Waals surface area contributed by atoms with E-state index in [4.69, 9.17) is 0 Å². The van der Waals surface area contributed by atoms with Gasteiger partial charge < -0.3 is 19.6 Å². The van der Waals surface area contributed by atoms with Gasteiger partial charge in [-0.25, -0.2) is 0 Å². The molecule has 3 heterocycles. The third-order valence-corrected chi connectivity index (χ3v) is 6.03. The Hall–Kier alpha value is -1.89. The van der Waals surface area contributed by atoms with E-state index in [-0.39, 0.29) is 5.92 Å². The van der Waals surface area contributed by atoms with Crippen LogP contribution in [0.25, 0.3) is 0 Å². The summed E-state index contributed by atoms with van der Waals surface area (Å²) in [5.41, 5.74) is 0. The van der Waals surface area contributed by atoms with Crippen LogP contribution in [0.5, 0.6) is 0 Å². The molecule has 7 heteroatoms. The number of carbonyl (C=O) groups excluding carboxylic acids is 1. The van der Waals surface area contributed by atoms with Crippen LogP contribution in [0.3, 0.4) is 0 Å². The van der Waals surface area contributed by atoms with Crippen molar-refractivity contribution in [1.29, 1.82) is 0 Å². The molecule has 0 N–H and O–H groups in total. The Morgan fingerprint density at radius 3 is 1.74 bits per heavy atom. The van der Waals surface area contributed by atoms with Crippen molar-refractivity contribution in [1.82, 2.24) is 20.0 Å². The lowest BCUT2D eigenvalue weighted by atomic mass is 10.0. The van der Waals surface area contributed by atoms with E-state index < -0.39 is 0 Å². The second kappa shape index (κ2) is 9.35. The van der Waals surface area contributed by atoms with Gasteiger partial charge in [-0.2, -0.15) is 0 Å². The Morgan fingerprint density at radius 2 is 1.33 bits per heavy atom. The molecule has 1 aromatic heterocycles. The molecule has 0 atom stereocenters. The van der Waals surface area contributed by atoms with Crippen molar-refractivity contribution in [2.45, 2.75) is 33.6 Å². The van der Waals surface area contributed by atoms with Crippen LogP contribution in [0.1, 0.15) is 33.6 Å². The maximum absolute atomic E-state index is 12.5. The Labute approximate surface area is 163 Å². The topological polar surface area (TPSA) is 55.8 Å². The van der Waals surface area contributed by atoms with Gasteiger partial charge in [0.25, 0.3) is 0 Å². The zero-order chi connectivity index (χ0) is 19.2. The first-order valence-corrected chi connectivity index (χ1v) is 10.5. The van der Waals surface area contributed by atoms with Crippen LogP contribution in [0.2, 0.25) is 0 Å². The van der Waals surface area contributed by atoms with E-state index in [2.05, 4.69) is 57.8 Å². The number of aromatic nitrogens is 2. The van der Waals surface area contributed by atoms with Gasteiger partial charge in [0, 0.05) is 58.3 Å². The summed E-state index contributed by atoms with van der Waals surface area (Å²) in [6, 6.07) is 4.17. The summed E-state index contributed by atoms with van der Waals surface area (Å²) in [6.07, 6.45) is 1.85. The molecule has 27 heavy (non-hydrogen) atoms. The van der Waals surface area contributed by atoms with E-state index in [1.807, 2.05) is 4.90 Å². The number of hydrogen-bond acceptors (Lipinski definition) is 6. The number of hydrogen-bond donors (Lipinski definition) is 0. The second-order valence-electron chi connectivity index (χ2n) is 7.50. The molecular weight excluding hydrogens is 340 g/mol. The summed E-state index contributed by atoms with van der Waals surface area (Å²) >= 11 is 0. The summed E-state index contributed by atoms with van der Waals surface area (Å²) in [7, 11) is 0. The van der Waals surface area contributed by atoms with Crippen LogP contribution < -0.4 is 9.80 Å². The van der Waals surface area contributed by atoms with E-state index in [1.165, 1.54) is 0 Å². The fraction of sp³-hybridized carbons (Fsp3) is 0.750. The molecular formula is C20H34N6O. The predicted octanol–water partition coefficient (Wildman–Crippen LogP) is 1.70. The predicted molar refractivity (Wildman–Crippen MR) is 109 cm³/mol. The highest BCUT2D eigenvalue weighted by Gasteiger charge is 2.26. The third kappa shape index (κ3) is 4.69. The first-order chi connectivity index (χ1) is 13.2. The van der Waals surface area contributed by atoms with Gasteiger partial charge in [-0.05, 0) is 31.5 Å². The van der Waals surface area contributed by atoms with Gasteiger partial charge in [0.1, 0.15) is 0 Å². The van der Waals surface area contributed by atoms with Crippen molar-refractivity contribution in [3.63, 3.8) is 0 Å². The van der Waals surface area contributed by atoms with Crippen molar-refractivity contribution in [3.8, 4) is 0 Å². The molecule has 150 valence electrons. The molecule has 1 amide bonds. The number of piperazine rings is 2. The van der Waals surface area contributed by atoms with Gasteiger partial charge in [0.15, 0.2) is 11.6 Å². The van der Waals surface area contributed by atoms with Gasteiger partial charge >= 0.3 is 0 Å². The Balaban J connectivity index is 1.52. The fourth-order valence-electron chi connectivity index (χ4n) is 4.00. The third-order valence-electron chi connectivity index (χ3n) is 6.03. The highest BCUT2D eigenvalue weighted by Crippen LogP contribution is 2.19. The monoisotopic (exact) mass is 374 g/mol. The molecule has 2 aliphatic rings. The van der Waals surface area contributed by atoms with Crippen LogP contribution in [-0.4, -0.2) is 84.8 Å². The Kier molecular flexibility index (Phi) is 6.88. The molecule has 0 spiro atoms. The molecule has 0 bridgehead atoms. The normalized spacial score (nSPS) is 19.0. The van der Waals surface area contributed by atoms with E-state index in [1.54, 1.807) is 0 Å². The van der Waals surface area contributed by atoms with Crippen molar-refractivity contribution < 1.29 is 4.79 Å². The number of anilines is 2. The Morgan fingerprint density at radius 1 is 0.852 bits per heavy atom. The molecule has 0 aromatic carbocycles. The van der Waals surface area contributed by atoms with Crippen LogP contribution >= 0.6 is 0 Å². The van der Waals surface area contributed by atoms with Gasteiger partial charge in [-0.3, -0.25) is 4.79 Å². The molecule has 0 aliphatic carbocycles. The smallest absolute Gasteiger partial charge is 0.225 e. The Bertz CT molecular complexity index is 587. The average Bonchev–Trinajstić information content (AvgIpc) is 2.75. The van der Waals surface area contributed by atoms with E-state index >= 15 is 0 Å². The van der Waals surface area contributed by atoms with Crippen molar-refractivity contribution in [3.05, 3.63) is 12.1 Å². The zero-order valence-electron chi connectivity index (χ0n) is 17.1. The van der Waals surface area contributed by atoms with Gasteiger partial charge in [-0.15, -0.1) is 10.2 Å². The number of amides is 1. The van der Waals surface area contributed by atoms with Crippen LogP contribution in [0.15, 0.2) is 12.1 Å². The molecule has 3 rings (SSSR count). The summed E-state index contributed by atoms with van der Waals surface area (Å²) in [4.78, 5) is 21.6. The molecule has 2 saturated heterocycles. The number of likely N-dealkylation sites (N-methyl/N-ethyl adjacent to an activating group) is 1. The van der Waals surface area contributed by atoms with E-state index in [9.17, 15) is 4.79 Å². The fourth-order valence-corrected chi connectivity index (χ4v) is 4.00. The van der Waals surface area contributed by atoms with Gasteiger partial charge in [-0.1, -0.05) is 20.8 Å². The minimum atomic E-state index is 0.170. The molecule has 0 saturated carbocycles. The molecule has 2 aliphatic heterocycles. The summed E-state index contributed by atoms with van der Waals surface area (Å²) in [5.74, 6) is 2.37. The maximum Gasteiger partial charge on any atom is 0.225 e. The van der Waals surface area contributed by atoms with Crippen LogP contribution in [0.4, 0.5) is 11.6 Å². The number of nitrogens with zero attached hydrogens (tertiary/aromatic N) is 6. The molecule has 7 nitrogen and oxygen atoms in total. The highest BCUT2D eigenvalue weighted by molar-refractivity contribution is 5.79.